The van der Waals surface area contributed by atoms with Crippen molar-refractivity contribution in [3.05, 3.63) is 93.8 Å². The number of nitrogens with zero attached hydrogens (tertiary/aromatic N) is 2. The Labute approximate surface area is 207 Å². The molecule has 3 aromatic carbocycles. The summed E-state index contributed by atoms with van der Waals surface area (Å²) in [5.41, 5.74) is 3.90. The summed E-state index contributed by atoms with van der Waals surface area (Å²) < 4.78 is 6.50. The predicted molar refractivity (Wildman–Crippen MR) is 139 cm³/mol. The second-order valence-electron chi connectivity index (χ2n) is 8.03. The number of carbonyl (C=O) groups is 2. The van der Waals surface area contributed by atoms with Gasteiger partial charge in [-0.1, -0.05) is 36.0 Å². The van der Waals surface area contributed by atoms with E-state index in [0.29, 0.717) is 33.0 Å². The van der Waals surface area contributed by atoms with Crippen LogP contribution in [0.3, 0.4) is 0 Å². The van der Waals surface area contributed by atoms with Gasteiger partial charge in [0.1, 0.15) is 0 Å². The number of nitrogens with one attached hydrogen (secondary N) is 1. The molecule has 0 spiro atoms. The first-order chi connectivity index (χ1) is 16.9. The number of amides is 1. The van der Waals surface area contributed by atoms with Gasteiger partial charge in [0, 0.05) is 11.3 Å². The fourth-order valence-corrected chi connectivity index (χ4v) is 4.60. The van der Waals surface area contributed by atoms with Crippen molar-refractivity contribution in [2.24, 2.45) is 0 Å². The number of carbonyl (C=O) groups excluding carboxylic acids is 2. The fraction of sp³-hybridized carbons (Fsp3) is 0.185. The minimum absolute atomic E-state index is 0.00546. The lowest BCUT2D eigenvalue weighted by Gasteiger charge is -2.14. The molecular formula is C27H25N3O4S. The van der Waals surface area contributed by atoms with Gasteiger partial charge in [-0.05, 0) is 74.4 Å². The molecule has 1 heterocycles. The molecule has 178 valence electrons. The third-order valence-electron chi connectivity index (χ3n) is 5.22. The number of ether oxygens (including phenoxy) is 1. The van der Waals surface area contributed by atoms with E-state index in [-0.39, 0.29) is 23.8 Å². The number of aromatic nitrogens is 2. The largest absolute Gasteiger partial charge is 0.465 e. The fourth-order valence-electron chi connectivity index (χ4n) is 3.78. The van der Waals surface area contributed by atoms with Crippen LogP contribution in [0.2, 0.25) is 0 Å². The van der Waals surface area contributed by atoms with E-state index >= 15 is 0 Å². The highest BCUT2D eigenvalue weighted by molar-refractivity contribution is 7.99. The lowest BCUT2D eigenvalue weighted by Crippen LogP contribution is -2.23. The highest BCUT2D eigenvalue weighted by Crippen LogP contribution is 2.23. The SMILES string of the molecule is CCOC(=O)CSc1nc2cc(C(=O)Nc3cc(C)cc(C)c3)ccc2c(=O)n1-c1ccccc1. The van der Waals surface area contributed by atoms with E-state index in [1.54, 1.807) is 37.3 Å². The van der Waals surface area contributed by atoms with Gasteiger partial charge in [0.05, 0.1) is 29.0 Å². The highest BCUT2D eigenvalue weighted by atomic mass is 32.2. The number of anilines is 1. The molecular weight excluding hydrogens is 462 g/mol. The molecule has 0 saturated heterocycles. The topological polar surface area (TPSA) is 90.3 Å². The highest BCUT2D eigenvalue weighted by Gasteiger charge is 2.17. The van der Waals surface area contributed by atoms with Gasteiger partial charge in [0.15, 0.2) is 5.16 Å². The van der Waals surface area contributed by atoms with Crippen molar-refractivity contribution < 1.29 is 14.3 Å². The Hall–Kier alpha value is -3.91. The Morgan fingerprint density at radius 3 is 2.40 bits per heavy atom. The smallest absolute Gasteiger partial charge is 0.316 e. The van der Waals surface area contributed by atoms with Crippen LogP contribution in [-0.4, -0.2) is 33.8 Å². The molecule has 0 aliphatic carbocycles. The molecule has 0 saturated carbocycles. The van der Waals surface area contributed by atoms with E-state index in [9.17, 15) is 14.4 Å². The number of esters is 1. The molecule has 1 N–H and O–H groups in total. The van der Waals surface area contributed by atoms with Gasteiger partial charge in [-0.25, -0.2) is 4.98 Å². The number of para-hydroxylation sites is 1. The molecule has 4 rings (SSSR count). The number of aryl methyl sites for hydroxylation is 2. The summed E-state index contributed by atoms with van der Waals surface area (Å²) in [5.74, 6) is -0.689. The Kier molecular flexibility index (Phi) is 7.31. The number of thioether (sulfide) groups is 1. The monoisotopic (exact) mass is 487 g/mol. The van der Waals surface area contributed by atoms with Crippen molar-refractivity contribution in [1.82, 2.24) is 9.55 Å². The maximum Gasteiger partial charge on any atom is 0.316 e. The summed E-state index contributed by atoms with van der Waals surface area (Å²) in [5, 5.41) is 3.62. The average Bonchev–Trinajstić information content (AvgIpc) is 2.82. The Bertz CT molecular complexity index is 1440. The standard InChI is InChI=1S/C27H25N3O4S/c1-4-34-24(31)16-35-27-29-23-15-19(25(32)28-20-13-17(2)12-18(3)14-20)10-11-22(23)26(33)30(27)21-8-6-5-7-9-21/h5-15H,4,16H2,1-3H3,(H,28,32). The first kappa shape index (κ1) is 24.2. The van der Waals surface area contributed by atoms with Crippen molar-refractivity contribution in [3.63, 3.8) is 0 Å². The maximum absolute atomic E-state index is 13.5. The summed E-state index contributed by atoms with van der Waals surface area (Å²) in [6.07, 6.45) is 0. The van der Waals surface area contributed by atoms with Gasteiger partial charge < -0.3 is 10.1 Å². The second-order valence-corrected chi connectivity index (χ2v) is 8.97. The predicted octanol–water partition coefficient (Wildman–Crippen LogP) is 4.91. The van der Waals surface area contributed by atoms with Crippen LogP contribution < -0.4 is 10.9 Å². The van der Waals surface area contributed by atoms with Crippen LogP contribution in [0.4, 0.5) is 5.69 Å². The molecule has 0 bridgehead atoms. The van der Waals surface area contributed by atoms with Gasteiger partial charge in [0.2, 0.25) is 0 Å². The molecule has 1 aromatic heterocycles. The second kappa shape index (κ2) is 10.6. The third kappa shape index (κ3) is 5.60. The lowest BCUT2D eigenvalue weighted by atomic mass is 10.1. The zero-order valence-electron chi connectivity index (χ0n) is 19.7. The molecule has 4 aromatic rings. The van der Waals surface area contributed by atoms with Crippen molar-refractivity contribution in [3.8, 4) is 5.69 Å². The van der Waals surface area contributed by atoms with Crippen LogP contribution in [-0.2, 0) is 9.53 Å². The van der Waals surface area contributed by atoms with Crippen LogP contribution in [0.1, 0.15) is 28.4 Å². The number of fused-ring (bicyclic) bond motifs is 1. The molecule has 0 radical (unpaired) electrons. The van der Waals surface area contributed by atoms with E-state index in [1.807, 2.05) is 50.2 Å². The van der Waals surface area contributed by atoms with Gasteiger partial charge >= 0.3 is 5.97 Å². The molecule has 0 aliphatic heterocycles. The van der Waals surface area contributed by atoms with E-state index in [4.69, 9.17) is 4.74 Å². The number of benzene rings is 3. The van der Waals surface area contributed by atoms with Crippen molar-refractivity contribution in [1.29, 1.82) is 0 Å². The number of hydrogen-bond donors (Lipinski definition) is 1. The zero-order chi connectivity index (χ0) is 24.9. The van der Waals surface area contributed by atoms with Gasteiger partial charge in [-0.3, -0.25) is 19.0 Å². The Morgan fingerprint density at radius 2 is 1.71 bits per heavy atom. The first-order valence-corrected chi connectivity index (χ1v) is 12.1. The lowest BCUT2D eigenvalue weighted by molar-refractivity contribution is -0.139. The van der Waals surface area contributed by atoms with Crippen LogP contribution in [0.25, 0.3) is 16.6 Å². The van der Waals surface area contributed by atoms with E-state index < -0.39 is 5.97 Å². The molecule has 0 unspecified atom stereocenters. The third-order valence-corrected chi connectivity index (χ3v) is 6.13. The van der Waals surface area contributed by atoms with Crippen LogP contribution in [0.15, 0.2) is 76.7 Å². The maximum atomic E-state index is 13.5. The Balaban J connectivity index is 1.74. The summed E-state index contributed by atoms with van der Waals surface area (Å²) in [6, 6.07) is 19.8. The van der Waals surface area contributed by atoms with Gasteiger partial charge in [-0.15, -0.1) is 0 Å². The molecule has 35 heavy (non-hydrogen) atoms. The van der Waals surface area contributed by atoms with Crippen molar-refractivity contribution in [2.75, 3.05) is 17.7 Å². The summed E-state index contributed by atoms with van der Waals surface area (Å²) in [7, 11) is 0. The quantitative estimate of drug-likeness (QED) is 0.226. The molecule has 0 atom stereocenters. The number of rotatable bonds is 7. The van der Waals surface area contributed by atoms with Crippen LogP contribution in [0, 0.1) is 13.8 Å². The summed E-state index contributed by atoms with van der Waals surface area (Å²) in [6.45, 7) is 5.95. The minimum atomic E-state index is -0.395. The minimum Gasteiger partial charge on any atom is -0.465 e. The van der Waals surface area contributed by atoms with Crippen LogP contribution >= 0.6 is 11.8 Å². The summed E-state index contributed by atoms with van der Waals surface area (Å²) >= 11 is 1.12. The normalized spacial score (nSPS) is 10.8. The summed E-state index contributed by atoms with van der Waals surface area (Å²) in [4.78, 5) is 43.0. The molecule has 7 nitrogen and oxygen atoms in total. The first-order valence-electron chi connectivity index (χ1n) is 11.2. The van der Waals surface area contributed by atoms with Crippen molar-refractivity contribution >= 4 is 40.2 Å². The molecule has 1 amide bonds. The Morgan fingerprint density at radius 1 is 1.00 bits per heavy atom. The van der Waals surface area contributed by atoms with Crippen LogP contribution in [0.5, 0.6) is 0 Å². The van der Waals surface area contributed by atoms with E-state index in [0.717, 1.165) is 22.9 Å². The molecule has 0 aliphatic rings. The average molecular weight is 488 g/mol. The molecule has 0 fully saturated rings. The zero-order valence-corrected chi connectivity index (χ0v) is 20.5. The van der Waals surface area contributed by atoms with E-state index in [2.05, 4.69) is 10.3 Å². The number of hydrogen-bond acceptors (Lipinski definition) is 6. The van der Waals surface area contributed by atoms with Crippen molar-refractivity contribution in [2.45, 2.75) is 25.9 Å². The molecule has 8 heteroatoms. The van der Waals surface area contributed by atoms with E-state index in [1.165, 1.54) is 4.57 Å². The van der Waals surface area contributed by atoms with Gasteiger partial charge in [-0.2, -0.15) is 0 Å². The van der Waals surface area contributed by atoms with Gasteiger partial charge in [0.25, 0.3) is 11.5 Å².